The fourth-order valence-electron chi connectivity index (χ4n) is 5.01. The lowest BCUT2D eigenvalue weighted by atomic mass is 9.63. The number of primary amides is 1. The standard InChI is InChI=1S/C24H22F5N3O3/c1-23(24(27,28)29)7-5-11(12-3-4-14(25)19(26)21(12)35-2)13(10-23)16-9-17(33)18-15(32-16)6-8-31-20(18)22(30)34/h3-4,6,8-9,11,13H,5,7,10H2,1-2H3,(H2,30,34)(H,32,33)/t11?,13?,23-/m1/s1. The van der Waals surface area contributed by atoms with Crippen LogP contribution in [0.5, 0.6) is 5.75 Å². The lowest BCUT2D eigenvalue weighted by Gasteiger charge is -2.44. The smallest absolute Gasteiger partial charge is 0.394 e. The minimum atomic E-state index is -4.53. The second kappa shape index (κ2) is 8.62. The lowest BCUT2D eigenvalue weighted by molar-refractivity contribution is -0.230. The Hall–Kier alpha value is -3.50. The maximum Gasteiger partial charge on any atom is 0.394 e. The van der Waals surface area contributed by atoms with Crippen molar-refractivity contribution in [3.8, 4) is 5.75 Å². The largest absolute Gasteiger partial charge is 0.493 e. The van der Waals surface area contributed by atoms with Gasteiger partial charge in [-0.3, -0.25) is 14.6 Å². The summed E-state index contributed by atoms with van der Waals surface area (Å²) < 4.78 is 75.5. The molecule has 0 spiro atoms. The van der Waals surface area contributed by atoms with Crippen LogP contribution in [-0.4, -0.2) is 29.2 Å². The molecule has 11 heteroatoms. The van der Waals surface area contributed by atoms with Crippen molar-refractivity contribution in [1.82, 2.24) is 9.97 Å². The predicted octanol–water partition coefficient (Wildman–Crippen LogP) is 4.93. The topological polar surface area (TPSA) is 98.1 Å². The van der Waals surface area contributed by atoms with E-state index in [-0.39, 0.29) is 46.4 Å². The summed E-state index contributed by atoms with van der Waals surface area (Å²) in [6.07, 6.45) is -3.98. The molecular formula is C24H22F5N3O3. The minimum absolute atomic E-state index is 0.0228. The number of carbonyl (C=O) groups is 1. The molecule has 1 saturated carbocycles. The molecule has 2 unspecified atom stereocenters. The maximum atomic E-state index is 14.5. The zero-order valence-corrected chi connectivity index (χ0v) is 18.8. The number of hydrogen-bond acceptors (Lipinski definition) is 4. The van der Waals surface area contributed by atoms with Crippen LogP contribution < -0.4 is 15.9 Å². The van der Waals surface area contributed by atoms with E-state index in [1.807, 2.05) is 0 Å². The van der Waals surface area contributed by atoms with Crippen LogP contribution in [0.1, 0.15) is 59.8 Å². The normalized spacial score (nSPS) is 22.8. The number of nitrogens with one attached hydrogen (secondary N) is 1. The van der Waals surface area contributed by atoms with E-state index in [9.17, 15) is 31.5 Å². The van der Waals surface area contributed by atoms with Crippen molar-refractivity contribution in [3.05, 3.63) is 69.3 Å². The Bertz CT molecular complexity index is 1370. The molecule has 0 bridgehead atoms. The number of benzene rings is 1. The van der Waals surface area contributed by atoms with Gasteiger partial charge in [0.15, 0.2) is 17.0 Å². The summed E-state index contributed by atoms with van der Waals surface area (Å²) in [5, 5.41) is -0.0832. The van der Waals surface area contributed by atoms with Gasteiger partial charge < -0.3 is 15.5 Å². The van der Waals surface area contributed by atoms with Gasteiger partial charge in [-0.1, -0.05) is 13.0 Å². The third-order valence-electron chi connectivity index (χ3n) is 6.93. The SMILES string of the molecule is COc1c(C2CC[C@@](C)(C(F)(F)F)CC2c2cc(=O)c3c(C(N)=O)nccc3[nH]2)ccc(F)c1F. The van der Waals surface area contributed by atoms with Crippen molar-refractivity contribution in [3.63, 3.8) is 0 Å². The van der Waals surface area contributed by atoms with Crippen LogP contribution in [0.3, 0.4) is 0 Å². The summed E-state index contributed by atoms with van der Waals surface area (Å²) >= 11 is 0. The van der Waals surface area contributed by atoms with Gasteiger partial charge in [0.1, 0.15) is 5.69 Å². The highest BCUT2D eigenvalue weighted by Gasteiger charge is 2.55. The number of ether oxygens (including phenoxy) is 1. The number of methoxy groups -OCH3 is 1. The number of H-pyrrole nitrogens is 1. The molecule has 1 fully saturated rings. The van der Waals surface area contributed by atoms with E-state index in [1.165, 1.54) is 18.3 Å². The number of nitrogens with two attached hydrogens (primary N) is 1. The third kappa shape index (κ3) is 4.12. The van der Waals surface area contributed by atoms with Gasteiger partial charge in [-0.25, -0.2) is 4.39 Å². The zero-order valence-electron chi connectivity index (χ0n) is 18.8. The second-order valence-corrected chi connectivity index (χ2v) is 9.03. The van der Waals surface area contributed by atoms with Gasteiger partial charge in [0.05, 0.1) is 23.4 Å². The van der Waals surface area contributed by atoms with Crippen LogP contribution in [-0.2, 0) is 0 Å². The highest BCUT2D eigenvalue weighted by molar-refractivity contribution is 6.03. The first-order chi connectivity index (χ1) is 16.4. The number of rotatable bonds is 4. The predicted molar refractivity (Wildman–Crippen MR) is 117 cm³/mol. The average molecular weight is 495 g/mol. The number of nitrogens with zero attached hydrogens (tertiary/aromatic N) is 1. The van der Waals surface area contributed by atoms with Crippen LogP contribution in [0.25, 0.3) is 10.9 Å². The van der Waals surface area contributed by atoms with Gasteiger partial charge in [0.25, 0.3) is 5.91 Å². The molecule has 1 aliphatic rings. The van der Waals surface area contributed by atoms with Crippen LogP contribution >= 0.6 is 0 Å². The van der Waals surface area contributed by atoms with Crippen molar-refractivity contribution >= 4 is 16.8 Å². The van der Waals surface area contributed by atoms with Crippen LogP contribution in [0, 0.1) is 17.0 Å². The maximum absolute atomic E-state index is 14.5. The Labute approximate surface area is 196 Å². The molecule has 2 heterocycles. The summed E-state index contributed by atoms with van der Waals surface area (Å²) in [5.74, 6) is -5.36. The van der Waals surface area contributed by atoms with Crippen LogP contribution in [0.4, 0.5) is 22.0 Å². The van der Waals surface area contributed by atoms with Crippen molar-refractivity contribution in [2.75, 3.05) is 7.11 Å². The fraction of sp³-hybridized carbons (Fsp3) is 0.375. The minimum Gasteiger partial charge on any atom is -0.493 e. The first-order valence-corrected chi connectivity index (χ1v) is 10.8. The summed E-state index contributed by atoms with van der Waals surface area (Å²) in [7, 11) is 1.15. The monoisotopic (exact) mass is 495 g/mol. The van der Waals surface area contributed by atoms with Crippen molar-refractivity contribution in [1.29, 1.82) is 0 Å². The first-order valence-electron chi connectivity index (χ1n) is 10.8. The number of amides is 1. The number of alkyl halides is 3. The van der Waals surface area contributed by atoms with Crippen LogP contribution in [0.2, 0.25) is 0 Å². The Morgan fingerprint density at radius 1 is 1.23 bits per heavy atom. The molecule has 1 aliphatic carbocycles. The van der Waals surface area contributed by atoms with Gasteiger partial charge >= 0.3 is 6.18 Å². The van der Waals surface area contributed by atoms with Gasteiger partial charge in [-0.05, 0) is 37.3 Å². The molecule has 0 aliphatic heterocycles. The van der Waals surface area contributed by atoms with E-state index in [4.69, 9.17) is 10.5 Å². The molecule has 0 saturated heterocycles. The molecule has 3 atom stereocenters. The number of pyridine rings is 2. The highest BCUT2D eigenvalue weighted by atomic mass is 19.4. The highest BCUT2D eigenvalue weighted by Crippen LogP contribution is 2.57. The van der Waals surface area contributed by atoms with E-state index in [1.54, 1.807) is 0 Å². The number of halogens is 5. The lowest BCUT2D eigenvalue weighted by Crippen LogP contribution is -2.41. The molecule has 3 N–H and O–H groups in total. The van der Waals surface area contributed by atoms with E-state index in [0.717, 1.165) is 26.2 Å². The number of aromatic nitrogens is 2. The molecule has 186 valence electrons. The van der Waals surface area contributed by atoms with Gasteiger partial charge in [0.2, 0.25) is 5.82 Å². The zero-order chi connectivity index (χ0) is 25.7. The van der Waals surface area contributed by atoms with E-state index >= 15 is 0 Å². The van der Waals surface area contributed by atoms with E-state index < -0.39 is 52.8 Å². The van der Waals surface area contributed by atoms with E-state index in [0.29, 0.717) is 0 Å². The third-order valence-corrected chi connectivity index (χ3v) is 6.93. The Balaban J connectivity index is 1.93. The number of carbonyl (C=O) groups excluding carboxylic acids is 1. The second-order valence-electron chi connectivity index (χ2n) is 9.03. The first kappa shape index (κ1) is 24.6. The Morgan fingerprint density at radius 3 is 2.57 bits per heavy atom. The number of aromatic amines is 1. The van der Waals surface area contributed by atoms with Crippen LogP contribution in [0.15, 0.2) is 35.3 Å². The summed E-state index contributed by atoms with van der Waals surface area (Å²) in [6, 6.07) is 4.71. The molecule has 2 aromatic heterocycles. The summed E-state index contributed by atoms with van der Waals surface area (Å²) in [4.78, 5) is 31.5. The molecule has 0 radical (unpaired) electrons. The molecule has 6 nitrogen and oxygen atoms in total. The van der Waals surface area contributed by atoms with E-state index in [2.05, 4.69) is 9.97 Å². The Kier molecular flexibility index (Phi) is 6.06. The average Bonchev–Trinajstić information content (AvgIpc) is 2.79. The number of fused-ring (bicyclic) bond motifs is 1. The van der Waals surface area contributed by atoms with Crippen molar-refractivity contribution < 1.29 is 31.5 Å². The molecule has 1 aromatic carbocycles. The van der Waals surface area contributed by atoms with Crippen molar-refractivity contribution in [2.24, 2.45) is 11.1 Å². The summed E-state index contributed by atoms with van der Waals surface area (Å²) in [5.41, 5.74) is 2.85. The molecular weight excluding hydrogens is 473 g/mol. The van der Waals surface area contributed by atoms with Gasteiger partial charge in [0, 0.05) is 29.4 Å². The quantitative estimate of drug-likeness (QED) is 0.502. The number of hydrogen-bond donors (Lipinski definition) is 2. The molecule has 35 heavy (non-hydrogen) atoms. The van der Waals surface area contributed by atoms with Gasteiger partial charge in [-0.15, -0.1) is 0 Å². The van der Waals surface area contributed by atoms with Gasteiger partial charge in [-0.2, -0.15) is 17.6 Å². The molecule has 3 aromatic rings. The fourth-order valence-corrected chi connectivity index (χ4v) is 5.01. The summed E-state index contributed by atoms with van der Waals surface area (Å²) in [6.45, 7) is 1.10. The van der Waals surface area contributed by atoms with Crippen molar-refractivity contribution in [2.45, 2.75) is 44.2 Å². The Morgan fingerprint density at radius 2 is 1.94 bits per heavy atom. The molecule has 4 rings (SSSR count). The molecule has 1 amide bonds.